The van der Waals surface area contributed by atoms with E-state index in [2.05, 4.69) is 44.2 Å². The number of aryl methyl sites for hydroxylation is 1. The summed E-state index contributed by atoms with van der Waals surface area (Å²) in [6, 6.07) is 10.6. The number of benzene rings is 1. The summed E-state index contributed by atoms with van der Waals surface area (Å²) in [5.74, 6) is 0.356. The number of Topliss-reactive ketones (excluding diaryl/α,β-unsaturated/α-hetero) is 1. The van der Waals surface area contributed by atoms with E-state index in [4.69, 9.17) is 0 Å². The molecule has 0 aromatic heterocycles. The Kier molecular flexibility index (Phi) is 4.24. The summed E-state index contributed by atoms with van der Waals surface area (Å²) in [6.07, 6.45) is 5.01. The molecule has 0 aliphatic heterocycles. The van der Waals surface area contributed by atoms with Gasteiger partial charge in [-0.15, -0.1) is 0 Å². The van der Waals surface area contributed by atoms with Crippen LogP contribution in [-0.4, -0.2) is 5.78 Å². The highest BCUT2D eigenvalue weighted by Crippen LogP contribution is 2.41. The summed E-state index contributed by atoms with van der Waals surface area (Å²) >= 11 is 0. The molecule has 0 spiro atoms. The Morgan fingerprint density at radius 1 is 1.11 bits per heavy atom. The quantitative estimate of drug-likeness (QED) is 0.762. The van der Waals surface area contributed by atoms with Gasteiger partial charge in [-0.1, -0.05) is 49.8 Å². The van der Waals surface area contributed by atoms with E-state index in [0.717, 1.165) is 37.7 Å². The molecular formula is C18H24O. The van der Waals surface area contributed by atoms with E-state index in [1.54, 1.807) is 0 Å². The van der Waals surface area contributed by atoms with E-state index in [0.29, 0.717) is 5.78 Å². The van der Waals surface area contributed by atoms with Crippen molar-refractivity contribution in [1.82, 2.24) is 0 Å². The van der Waals surface area contributed by atoms with Gasteiger partial charge in [0.05, 0.1) is 0 Å². The van der Waals surface area contributed by atoms with E-state index in [9.17, 15) is 4.79 Å². The van der Waals surface area contributed by atoms with Gasteiger partial charge in [0.1, 0.15) is 0 Å². The number of ketones is 1. The lowest BCUT2D eigenvalue weighted by Gasteiger charge is -2.34. The van der Waals surface area contributed by atoms with Gasteiger partial charge in [0.2, 0.25) is 0 Å². The second kappa shape index (κ2) is 5.73. The Bertz CT molecular complexity index is 480. The van der Waals surface area contributed by atoms with Crippen LogP contribution in [0.1, 0.15) is 52.0 Å². The van der Waals surface area contributed by atoms with Gasteiger partial charge >= 0.3 is 0 Å². The lowest BCUT2D eigenvalue weighted by molar-refractivity contribution is -0.116. The molecule has 1 aromatic rings. The maximum Gasteiger partial charge on any atom is 0.158 e. The molecule has 0 saturated carbocycles. The third-order valence-electron chi connectivity index (χ3n) is 4.40. The van der Waals surface area contributed by atoms with Crippen molar-refractivity contribution in [2.24, 2.45) is 5.41 Å². The molecule has 0 unspecified atom stereocenters. The van der Waals surface area contributed by atoms with Crippen LogP contribution in [0.2, 0.25) is 0 Å². The molecular weight excluding hydrogens is 232 g/mol. The summed E-state index contributed by atoms with van der Waals surface area (Å²) in [7, 11) is 0. The first-order chi connectivity index (χ1) is 9.00. The van der Waals surface area contributed by atoms with Crippen LogP contribution in [0.4, 0.5) is 0 Å². The monoisotopic (exact) mass is 256 g/mol. The minimum absolute atomic E-state index is 0.203. The Morgan fingerprint density at radius 2 is 1.79 bits per heavy atom. The van der Waals surface area contributed by atoms with E-state index in [1.807, 2.05) is 6.92 Å². The smallest absolute Gasteiger partial charge is 0.158 e. The van der Waals surface area contributed by atoms with E-state index in [-0.39, 0.29) is 5.41 Å². The zero-order chi connectivity index (χ0) is 13.9. The summed E-state index contributed by atoms with van der Waals surface area (Å²) < 4.78 is 0. The summed E-state index contributed by atoms with van der Waals surface area (Å²) in [6.45, 7) is 6.57. The number of carbonyl (C=O) groups excluding carboxylic acids is 1. The number of hydrogen-bond acceptors (Lipinski definition) is 1. The van der Waals surface area contributed by atoms with Crippen molar-refractivity contribution in [3.63, 3.8) is 0 Å². The van der Waals surface area contributed by atoms with E-state index < -0.39 is 0 Å². The van der Waals surface area contributed by atoms with Crippen LogP contribution in [0.3, 0.4) is 0 Å². The molecule has 1 aliphatic rings. The summed E-state index contributed by atoms with van der Waals surface area (Å²) in [5, 5.41) is 0. The van der Waals surface area contributed by atoms with Crippen LogP contribution >= 0.6 is 0 Å². The lowest BCUT2D eigenvalue weighted by Crippen LogP contribution is -2.25. The van der Waals surface area contributed by atoms with Crippen LogP contribution < -0.4 is 0 Å². The molecule has 2 rings (SSSR count). The maximum absolute atomic E-state index is 11.9. The second-order valence-electron chi connectivity index (χ2n) is 6.25. The topological polar surface area (TPSA) is 17.1 Å². The normalized spacial score (nSPS) is 18.8. The summed E-state index contributed by atoms with van der Waals surface area (Å²) in [4.78, 5) is 11.9. The molecule has 1 aliphatic carbocycles. The van der Waals surface area contributed by atoms with Gasteiger partial charge in [-0.2, -0.15) is 0 Å². The molecule has 0 heterocycles. The zero-order valence-corrected chi connectivity index (χ0v) is 12.3. The van der Waals surface area contributed by atoms with Crippen molar-refractivity contribution in [3.05, 3.63) is 47.0 Å². The molecule has 0 radical (unpaired) electrons. The third kappa shape index (κ3) is 3.34. The largest absolute Gasteiger partial charge is 0.295 e. The number of carbonyl (C=O) groups is 1. The van der Waals surface area contributed by atoms with Gasteiger partial charge < -0.3 is 0 Å². The Hall–Kier alpha value is -1.37. The first-order valence-corrected chi connectivity index (χ1v) is 7.28. The van der Waals surface area contributed by atoms with Gasteiger partial charge in [0, 0.05) is 6.42 Å². The summed E-state index contributed by atoms with van der Waals surface area (Å²) in [5.41, 5.74) is 4.01. The Morgan fingerprint density at radius 3 is 2.47 bits per heavy atom. The first kappa shape index (κ1) is 14.0. The van der Waals surface area contributed by atoms with Crippen LogP contribution in [0.15, 0.2) is 41.5 Å². The van der Waals surface area contributed by atoms with Crippen molar-refractivity contribution in [2.75, 3.05) is 0 Å². The standard InChI is InChI=1S/C18H24O/c1-14-16(18(2,3)13-12-17(14)19)11-7-10-15-8-5-4-6-9-15/h4-6,8-9H,7,10-13H2,1-3H3. The first-order valence-electron chi connectivity index (χ1n) is 7.28. The fourth-order valence-electron chi connectivity index (χ4n) is 3.08. The van der Waals surface area contributed by atoms with Gasteiger partial charge in [0.25, 0.3) is 0 Å². The van der Waals surface area contributed by atoms with Gasteiger partial charge in [-0.05, 0) is 49.2 Å². The molecule has 102 valence electrons. The third-order valence-corrected chi connectivity index (χ3v) is 4.40. The molecule has 19 heavy (non-hydrogen) atoms. The molecule has 0 saturated heterocycles. The lowest BCUT2D eigenvalue weighted by atomic mass is 9.70. The van der Waals surface area contributed by atoms with Crippen molar-refractivity contribution < 1.29 is 4.79 Å². The Balaban J connectivity index is 2.01. The van der Waals surface area contributed by atoms with Gasteiger partial charge in [-0.25, -0.2) is 0 Å². The minimum Gasteiger partial charge on any atom is -0.295 e. The van der Waals surface area contributed by atoms with Crippen LogP contribution in [0.5, 0.6) is 0 Å². The SMILES string of the molecule is CC1=C(CCCc2ccccc2)C(C)(C)CCC1=O. The molecule has 0 amide bonds. The van der Waals surface area contributed by atoms with Crippen LogP contribution in [-0.2, 0) is 11.2 Å². The fourth-order valence-corrected chi connectivity index (χ4v) is 3.08. The second-order valence-corrected chi connectivity index (χ2v) is 6.25. The molecule has 1 heteroatoms. The predicted octanol–water partition coefficient (Wildman–Crippen LogP) is 4.71. The highest BCUT2D eigenvalue weighted by atomic mass is 16.1. The Labute approximate surface area is 116 Å². The van der Waals surface area contributed by atoms with Crippen molar-refractivity contribution in [3.8, 4) is 0 Å². The zero-order valence-electron chi connectivity index (χ0n) is 12.3. The highest BCUT2D eigenvalue weighted by Gasteiger charge is 2.31. The number of rotatable bonds is 4. The minimum atomic E-state index is 0.203. The molecule has 0 fully saturated rings. The predicted molar refractivity (Wildman–Crippen MR) is 80.1 cm³/mol. The molecule has 0 bridgehead atoms. The molecule has 1 nitrogen and oxygen atoms in total. The van der Waals surface area contributed by atoms with Gasteiger partial charge in [-0.3, -0.25) is 4.79 Å². The van der Waals surface area contributed by atoms with E-state index in [1.165, 1.54) is 11.1 Å². The van der Waals surface area contributed by atoms with Crippen LogP contribution in [0, 0.1) is 5.41 Å². The number of hydrogen-bond donors (Lipinski definition) is 0. The van der Waals surface area contributed by atoms with E-state index >= 15 is 0 Å². The number of allylic oxidation sites excluding steroid dienone is 2. The van der Waals surface area contributed by atoms with Crippen LogP contribution in [0.25, 0.3) is 0 Å². The average Bonchev–Trinajstić information content (AvgIpc) is 2.40. The highest BCUT2D eigenvalue weighted by molar-refractivity contribution is 5.96. The van der Waals surface area contributed by atoms with Crippen molar-refractivity contribution >= 4 is 5.78 Å². The fraction of sp³-hybridized carbons (Fsp3) is 0.500. The van der Waals surface area contributed by atoms with Crippen molar-refractivity contribution in [2.45, 2.75) is 52.9 Å². The maximum atomic E-state index is 11.9. The molecule has 1 aromatic carbocycles. The van der Waals surface area contributed by atoms with Crippen molar-refractivity contribution in [1.29, 1.82) is 0 Å². The molecule has 0 N–H and O–H groups in total. The average molecular weight is 256 g/mol. The van der Waals surface area contributed by atoms with Gasteiger partial charge in [0.15, 0.2) is 5.78 Å². The molecule has 0 atom stereocenters.